The Morgan fingerprint density at radius 3 is 2.42 bits per heavy atom. The second-order valence-electron chi connectivity index (χ2n) is 6.52. The lowest BCUT2D eigenvalue weighted by molar-refractivity contribution is -0.157. The first-order chi connectivity index (χ1) is 11.6. The second-order valence-corrected chi connectivity index (χ2v) is 6.52. The SMILES string of the molecule is CCCC[C@H](F)C(=O)OC1CCC(c2ccc(OCC)cc2)CC1. The summed E-state index contributed by atoms with van der Waals surface area (Å²) >= 11 is 0. The van der Waals surface area contributed by atoms with Crippen molar-refractivity contribution in [2.45, 2.75) is 77.0 Å². The largest absolute Gasteiger partial charge is 0.494 e. The normalized spacial score (nSPS) is 22.0. The van der Waals surface area contributed by atoms with Crippen LogP contribution in [0.2, 0.25) is 0 Å². The summed E-state index contributed by atoms with van der Waals surface area (Å²) in [6.45, 7) is 4.63. The van der Waals surface area contributed by atoms with Gasteiger partial charge in [0.25, 0.3) is 0 Å². The van der Waals surface area contributed by atoms with Gasteiger partial charge in [-0.1, -0.05) is 31.9 Å². The highest BCUT2D eigenvalue weighted by molar-refractivity contribution is 5.74. The molecule has 1 saturated carbocycles. The third kappa shape index (κ3) is 5.50. The summed E-state index contributed by atoms with van der Waals surface area (Å²) in [6.07, 6.45) is 3.85. The number of esters is 1. The van der Waals surface area contributed by atoms with Crippen molar-refractivity contribution >= 4 is 5.97 Å². The molecule has 1 fully saturated rings. The highest BCUT2D eigenvalue weighted by atomic mass is 19.1. The van der Waals surface area contributed by atoms with E-state index >= 15 is 0 Å². The maximum atomic E-state index is 13.7. The predicted molar refractivity (Wildman–Crippen MR) is 93.1 cm³/mol. The number of carbonyl (C=O) groups excluding carboxylic acids is 1. The quantitative estimate of drug-likeness (QED) is 0.613. The second kappa shape index (κ2) is 9.65. The Hall–Kier alpha value is -1.58. The molecule has 0 spiro atoms. The fourth-order valence-electron chi connectivity index (χ4n) is 3.26. The zero-order valence-corrected chi connectivity index (χ0v) is 14.8. The maximum Gasteiger partial charge on any atom is 0.340 e. The molecule has 2 rings (SSSR count). The van der Waals surface area contributed by atoms with E-state index in [4.69, 9.17) is 9.47 Å². The molecule has 0 unspecified atom stereocenters. The Kier molecular flexibility index (Phi) is 7.54. The molecule has 4 heteroatoms. The lowest BCUT2D eigenvalue weighted by Crippen LogP contribution is -2.28. The highest BCUT2D eigenvalue weighted by Crippen LogP contribution is 2.35. The molecule has 134 valence electrons. The van der Waals surface area contributed by atoms with Gasteiger partial charge in [-0.05, 0) is 62.6 Å². The van der Waals surface area contributed by atoms with Crippen molar-refractivity contribution in [1.29, 1.82) is 0 Å². The number of alkyl halides is 1. The summed E-state index contributed by atoms with van der Waals surface area (Å²) in [5.41, 5.74) is 1.30. The summed E-state index contributed by atoms with van der Waals surface area (Å²) in [6, 6.07) is 8.24. The van der Waals surface area contributed by atoms with Crippen molar-refractivity contribution in [2.24, 2.45) is 0 Å². The van der Waals surface area contributed by atoms with Gasteiger partial charge in [0, 0.05) is 0 Å². The standard InChI is InChI=1S/C20H29FO3/c1-3-5-6-19(21)20(22)24-18-13-9-16(10-14-18)15-7-11-17(12-8-15)23-4-2/h7-8,11-12,16,18-19H,3-6,9-10,13-14H2,1-2H3/t16?,18?,19-/m0/s1. The Labute approximate surface area is 144 Å². The maximum absolute atomic E-state index is 13.7. The number of hydrogen-bond acceptors (Lipinski definition) is 3. The van der Waals surface area contributed by atoms with Gasteiger partial charge in [0.1, 0.15) is 11.9 Å². The smallest absolute Gasteiger partial charge is 0.340 e. The van der Waals surface area contributed by atoms with Gasteiger partial charge in [-0.15, -0.1) is 0 Å². The van der Waals surface area contributed by atoms with E-state index in [9.17, 15) is 9.18 Å². The van der Waals surface area contributed by atoms with E-state index < -0.39 is 12.1 Å². The molecule has 1 aromatic rings. The first-order valence-electron chi connectivity index (χ1n) is 9.21. The van der Waals surface area contributed by atoms with Crippen LogP contribution in [0.1, 0.15) is 70.3 Å². The van der Waals surface area contributed by atoms with E-state index in [1.807, 2.05) is 26.0 Å². The Balaban J connectivity index is 1.77. The van der Waals surface area contributed by atoms with Gasteiger partial charge in [-0.3, -0.25) is 0 Å². The Morgan fingerprint density at radius 1 is 1.17 bits per heavy atom. The number of ether oxygens (including phenoxy) is 2. The van der Waals surface area contributed by atoms with E-state index in [0.717, 1.165) is 44.3 Å². The Bertz CT molecular complexity index is 492. The minimum Gasteiger partial charge on any atom is -0.494 e. The zero-order valence-electron chi connectivity index (χ0n) is 14.8. The molecule has 0 heterocycles. The number of carbonyl (C=O) groups is 1. The monoisotopic (exact) mass is 336 g/mol. The lowest BCUT2D eigenvalue weighted by Gasteiger charge is -2.29. The molecule has 1 aliphatic carbocycles. The van der Waals surface area contributed by atoms with Crippen LogP contribution >= 0.6 is 0 Å². The van der Waals surface area contributed by atoms with Crippen LogP contribution in [-0.2, 0) is 9.53 Å². The first kappa shape index (κ1) is 18.8. The van der Waals surface area contributed by atoms with Gasteiger partial charge in [0.05, 0.1) is 6.61 Å². The molecule has 1 aliphatic rings. The van der Waals surface area contributed by atoms with Crippen molar-refractivity contribution in [3.63, 3.8) is 0 Å². The number of hydrogen-bond donors (Lipinski definition) is 0. The molecule has 3 nitrogen and oxygen atoms in total. The van der Waals surface area contributed by atoms with E-state index in [1.54, 1.807) is 0 Å². The average molecular weight is 336 g/mol. The summed E-state index contributed by atoms with van der Waals surface area (Å²) in [4.78, 5) is 11.8. The van der Waals surface area contributed by atoms with E-state index in [-0.39, 0.29) is 12.5 Å². The van der Waals surface area contributed by atoms with Crippen LogP contribution < -0.4 is 4.74 Å². The van der Waals surface area contributed by atoms with Gasteiger partial charge < -0.3 is 9.47 Å². The van der Waals surface area contributed by atoms with Crippen LogP contribution in [0, 0.1) is 0 Å². The minimum absolute atomic E-state index is 0.128. The topological polar surface area (TPSA) is 35.5 Å². The van der Waals surface area contributed by atoms with Crippen molar-refractivity contribution in [3.05, 3.63) is 29.8 Å². The number of benzene rings is 1. The molecule has 0 N–H and O–H groups in total. The van der Waals surface area contributed by atoms with Crippen molar-refractivity contribution in [2.75, 3.05) is 6.61 Å². The first-order valence-corrected chi connectivity index (χ1v) is 9.21. The molecule has 0 radical (unpaired) electrons. The molecule has 1 atom stereocenters. The molecule has 0 bridgehead atoms. The van der Waals surface area contributed by atoms with Crippen molar-refractivity contribution < 1.29 is 18.7 Å². The van der Waals surface area contributed by atoms with Crippen LogP contribution in [0.5, 0.6) is 5.75 Å². The number of rotatable bonds is 8. The third-order valence-electron chi connectivity index (χ3n) is 4.69. The molecule has 0 amide bonds. The Morgan fingerprint density at radius 2 is 1.83 bits per heavy atom. The third-order valence-corrected chi connectivity index (χ3v) is 4.69. The summed E-state index contributed by atoms with van der Waals surface area (Å²) in [5, 5.41) is 0. The van der Waals surface area contributed by atoms with Crippen LogP contribution in [-0.4, -0.2) is 24.9 Å². The van der Waals surface area contributed by atoms with Gasteiger partial charge in [0.2, 0.25) is 0 Å². The summed E-state index contributed by atoms with van der Waals surface area (Å²) in [7, 11) is 0. The van der Waals surface area contributed by atoms with Crippen molar-refractivity contribution in [1.82, 2.24) is 0 Å². The molecule has 1 aromatic carbocycles. The summed E-state index contributed by atoms with van der Waals surface area (Å²) in [5.74, 6) is 0.704. The van der Waals surface area contributed by atoms with Crippen LogP contribution in [0.25, 0.3) is 0 Å². The molecule has 0 saturated heterocycles. The molecule has 24 heavy (non-hydrogen) atoms. The number of halogens is 1. The fraction of sp³-hybridized carbons (Fsp3) is 0.650. The molecular weight excluding hydrogens is 307 g/mol. The fourth-order valence-corrected chi connectivity index (χ4v) is 3.26. The average Bonchev–Trinajstić information content (AvgIpc) is 2.61. The molecule has 0 aliphatic heterocycles. The zero-order chi connectivity index (χ0) is 17.4. The van der Waals surface area contributed by atoms with Gasteiger partial charge >= 0.3 is 5.97 Å². The molecule has 0 aromatic heterocycles. The van der Waals surface area contributed by atoms with Crippen LogP contribution in [0.15, 0.2) is 24.3 Å². The van der Waals surface area contributed by atoms with Crippen molar-refractivity contribution in [3.8, 4) is 5.75 Å². The summed E-state index contributed by atoms with van der Waals surface area (Å²) < 4.78 is 24.5. The predicted octanol–water partition coefficient (Wildman–Crippen LogP) is 5.18. The van der Waals surface area contributed by atoms with E-state index in [2.05, 4.69) is 12.1 Å². The number of unbranched alkanes of at least 4 members (excludes halogenated alkanes) is 1. The molecular formula is C20H29FO3. The van der Waals surface area contributed by atoms with Crippen LogP contribution in [0.4, 0.5) is 4.39 Å². The van der Waals surface area contributed by atoms with Crippen LogP contribution in [0.3, 0.4) is 0 Å². The van der Waals surface area contributed by atoms with Gasteiger partial charge in [0.15, 0.2) is 6.17 Å². The van der Waals surface area contributed by atoms with Gasteiger partial charge in [-0.2, -0.15) is 0 Å². The lowest BCUT2D eigenvalue weighted by atomic mass is 9.83. The van der Waals surface area contributed by atoms with Gasteiger partial charge in [-0.25, -0.2) is 9.18 Å². The highest BCUT2D eigenvalue weighted by Gasteiger charge is 2.27. The minimum atomic E-state index is -1.46. The van der Waals surface area contributed by atoms with E-state index in [1.165, 1.54) is 5.56 Å². The van der Waals surface area contributed by atoms with E-state index in [0.29, 0.717) is 12.5 Å².